The Morgan fingerprint density at radius 1 is 0.958 bits per heavy atom. The molecule has 2 rings (SSSR count). The monoisotopic (exact) mass is 344 g/mol. The molecule has 0 amide bonds. The number of nitrogens with zero attached hydrogens (tertiary/aromatic N) is 2. The van der Waals surface area contributed by atoms with Crippen molar-refractivity contribution < 1.29 is 8.42 Å². The molecule has 0 aliphatic carbocycles. The Bertz CT molecular complexity index is 868. The fourth-order valence-electron chi connectivity index (χ4n) is 1.91. The van der Waals surface area contributed by atoms with E-state index < -0.39 is 10.0 Å². The largest absolute Gasteiger partial charge is 0.368 e. The molecule has 0 radical (unpaired) electrons. The fraction of sp³-hybridized carbons (Fsp3) is 0.176. The lowest BCUT2D eigenvalue weighted by Gasteiger charge is -2.04. The minimum Gasteiger partial charge on any atom is -0.368 e. The molecule has 0 unspecified atom stereocenters. The van der Waals surface area contributed by atoms with Gasteiger partial charge in [0.25, 0.3) is 10.0 Å². The highest BCUT2D eigenvalue weighted by atomic mass is 32.2. The second-order valence-corrected chi connectivity index (χ2v) is 7.04. The molecule has 2 aromatic carbocycles. The first kappa shape index (κ1) is 17.7. The van der Waals surface area contributed by atoms with Crippen molar-refractivity contribution in [3.05, 3.63) is 65.2 Å². The first-order chi connectivity index (χ1) is 11.3. The quantitative estimate of drug-likeness (QED) is 0.505. The first-order valence-corrected chi connectivity index (χ1v) is 8.76. The van der Waals surface area contributed by atoms with E-state index in [2.05, 4.69) is 14.9 Å². The van der Waals surface area contributed by atoms with E-state index >= 15 is 0 Å². The number of rotatable bonds is 4. The molecule has 24 heavy (non-hydrogen) atoms. The highest BCUT2D eigenvalue weighted by molar-refractivity contribution is 7.90. The van der Waals surface area contributed by atoms with E-state index in [-0.39, 0.29) is 10.9 Å². The van der Waals surface area contributed by atoms with Crippen molar-refractivity contribution in [3.8, 4) is 0 Å². The molecule has 3 N–H and O–H groups in total. The average molecular weight is 344 g/mol. The molecule has 0 atom stereocenters. The van der Waals surface area contributed by atoms with E-state index in [4.69, 9.17) is 5.73 Å². The standard InChI is InChI=1S/C17H20N4O2S/c1-12-4-8-15(9-5-12)14(3)19-20-17(18)21-24(22,23)16-10-6-13(2)7-11-16/h4-11H,1-3H3,(H3,18,20,21). The summed E-state index contributed by atoms with van der Waals surface area (Å²) in [5, 5.41) is 4.06. The van der Waals surface area contributed by atoms with Crippen molar-refractivity contribution in [2.45, 2.75) is 25.7 Å². The molecule has 2 aromatic rings. The van der Waals surface area contributed by atoms with Crippen LogP contribution in [0.1, 0.15) is 23.6 Å². The molecule has 0 saturated heterocycles. The zero-order valence-electron chi connectivity index (χ0n) is 13.8. The van der Waals surface area contributed by atoms with Gasteiger partial charge in [-0.25, -0.2) is 5.43 Å². The van der Waals surface area contributed by atoms with Gasteiger partial charge in [0.2, 0.25) is 5.96 Å². The molecule has 0 aromatic heterocycles. The van der Waals surface area contributed by atoms with Gasteiger partial charge in [-0.2, -0.15) is 13.5 Å². The van der Waals surface area contributed by atoms with Crippen LogP contribution in [-0.2, 0) is 10.0 Å². The molecule has 6 nitrogen and oxygen atoms in total. The van der Waals surface area contributed by atoms with Crippen molar-refractivity contribution in [2.24, 2.45) is 15.2 Å². The minimum absolute atomic E-state index is 0.0806. The van der Waals surface area contributed by atoms with Crippen LogP contribution < -0.4 is 11.2 Å². The summed E-state index contributed by atoms with van der Waals surface area (Å²) >= 11 is 0. The van der Waals surface area contributed by atoms with E-state index in [0.29, 0.717) is 5.71 Å². The third-order valence-corrected chi connectivity index (χ3v) is 4.65. The number of nitrogens with one attached hydrogen (secondary N) is 1. The summed E-state index contributed by atoms with van der Waals surface area (Å²) in [6.07, 6.45) is 0. The van der Waals surface area contributed by atoms with E-state index in [9.17, 15) is 8.42 Å². The van der Waals surface area contributed by atoms with Crippen LogP contribution in [0.15, 0.2) is 62.9 Å². The Morgan fingerprint density at radius 3 is 2.00 bits per heavy atom. The molecular formula is C17H20N4O2S. The number of guanidine groups is 1. The number of sulfonamides is 1. The van der Waals surface area contributed by atoms with Gasteiger partial charge in [-0.05, 0) is 38.5 Å². The molecule has 0 spiro atoms. The Balaban J connectivity index is 2.14. The second-order valence-electron chi connectivity index (χ2n) is 5.44. The summed E-state index contributed by atoms with van der Waals surface area (Å²) < 4.78 is 27.8. The van der Waals surface area contributed by atoms with Gasteiger partial charge < -0.3 is 5.73 Å². The molecule has 0 saturated carbocycles. The van der Waals surface area contributed by atoms with Gasteiger partial charge >= 0.3 is 0 Å². The topological polar surface area (TPSA) is 96.9 Å². The van der Waals surface area contributed by atoms with Gasteiger partial charge in [0, 0.05) is 0 Å². The van der Waals surface area contributed by atoms with Crippen LogP contribution in [0.2, 0.25) is 0 Å². The van der Waals surface area contributed by atoms with Crippen molar-refractivity contribution in [1.82, 2.24) is 5.43 Å². The van der Waals surface area contributed by atoms with Crippen LogP contribution in [0.25, 0.3) is 0 Å². The maximum atomic E-state index is 12.2. The van der Waals surface area contributed by atoms with Crippen LogP contribution >= 0.6 is 0 Å². The number of hydrogen-bond acceptors (Lipinski definition) is 3. The van der Waals surface area contributed by atoms with Crippen molar-refractivity contribution in [3.63, 3.8) is 0 Å². The molecule has 0 bridgehead atoms. The lowest BCUT2D eigenvalue weighted by atomic mass is 10.1. The number of benzene rings is 2. The summed E-state index contributed by atoms with van der Waals surface area (Å²) in [7, 11) is -3.86. The van der Waals surface area contributed by atoms with E-state index in [1.807, 2.05) is 38.1 Å². The Morgan fingerprint density at radius 2 is 1.46 bits per heavy atom. The summed E-state index contributed by atoms with van der Waals surface area (Å²) in [6.45, 7) is 5.66. The lowest BCUT2D eigenvalue weighted by Crippen LogP contribution is -2.29. The Labute approximate surface area is 142 Å². The number of hydrazone groups is 1. The highest BCUT2D eigenvalue weighted by Crippen LogP contribution is 2.12. The molecule has 0 heterocycles. The van der Waals surface area contributed by atoms with Crippen LogP contribution in [0, 0.1) is 13.8 Å². The SMILES string of the molecule is CC(=NNC(N)=NS(=O)(=O)c1ccc(C)cc1)c1ccc(C)cc1. The van der Waals surface area contributed by atoms with Gasteiger partial charge in [-0.3, -0.25) is 0 Å². The predicted octanol–water partition coefficient (Wildman–Crippen LogP) is 2.32. The van der Waals surface area contributed by atoms with Gasteiger partial charge in [-0.1, -0.05) is 47.5 Å². The molecule has 0 fully saturated rings. The Hall–Kier alpha value is -2.67. The number of aryl methyl sites for hydroxylation is 2. The summed E-state index contributed by atoms with van der Waals surface area (Å²) in [4.78, 5) is 0.0806. The van der Waals surface area contributed by atoms with Gasteiger partial charge in [0.15, 0.2) is 0 Å². The van der Waals surface area contributed by atoms with E-state index in [1.54, 1.807) is 19.1 Å². The highest BCUT2D eigenvalue weighted by Gasteiger charge is 2.13. The van der Waals surface area contributed by atoms with Gasteiger partial charge in [-0.15, -0.1) is 4.40 Å². The molecule has 0 aliphatic rings. The van der Waals surface area contributed by atoms with Crippen molar-refractivity contribution in [2.75, 3.05) is 0 Å². The van der Waals surface area contributed by atoms with E-state index in [0.717, 1.165) is 16.7 Å². The first-order valence-electron chi connectivity index (χ1n) is 7.32. The third kappa shape index (κ3) is 4.66. The summed E-state index contributed by atoms with van der Waals surface area (Å²) in [6, 6.07) is 14.2. The van der Waals surface area contributed by atoms with Crippen LogP contribution in [-0.4, -0.2) is 20.1 Å². The number of nitrogens with two attached hydrogens (primary N) is 1. The average Bonchev–Trinajstić information content (AvgIpc) is 2.53. The van der Waals surface area contributed by atoms with Gasteiger partial charge in [0.1, 0.15) is 0 Å². The van der Waals surface area contributed by atoms with Crippen LogP contribution in [0.3, 0.4) is 0 Å². The second kappa shape index (κ2) is 7.27. The maximum Gasteiger partial charge on any atom is 0.285 e. The molecule has 0 aliphatic heterocycles. The van der Waals surface area contributed by atoms with Crippen LogP contribution in [0.5, 0.6) is 0 Å². The van der Waals surface area contributed by atoms with Crippen LogP contribution in [0.4, 0.5) is 0 Å². The van der Waals surface area contributed by atoms with Crippen molar-refractivity contribution in [1.29, 1.82) is 0 Å². The molecule has 7 heteroatoms. The van der Waals surface area contributed by atoms with Gasteiger partial charge in [0.05, 0.1) is 10.6 Å². The smallest absolute Gasteiger partial charge is 0.285 e. The minimum atomic E-state index is -3.86. The normalized spacial score (nSPS) is 13.0. The van der Waals surface area contributed by atoms with Crippen molar-refractivity contribution >= 4 is 21.7 Å². The summed E-state index contributed by atoms with van der Waals surface area (Å²) in [5.41, 5.74) is 11.8. The predicted molar refractivity (Wildman–Crippen MR) is 96.5 cm³/mol. The fourth-order valence-corrected chi connectivity index (χ4v) is 2.80. The lowest BCUT2D eigenvalue weighted by molar-refractivity contribution is 0.597. The number of hydrogen-bond donors (Lipinski definition) is 2. The van der Waals surface area contributed by atoms with E-state index in [1.165, 1.54) is 12.1 Å². The third-order valence-electron chi connectivity index (χ3n) is 3.34. The zero-order valence-corrected chi connectivity index (χ0v) is 14.6. The zero-order chi connectivity index (χ0) is 17.7. The summed E-state index contributed by atoms with van der Waals surface area (Å²) in [5.74, 6) is -0.290. The Kier molecular flexibility index (Phi) is 5.35. The molecule has 126 valence electrons. The molecular weight excluding hydrogens is 324 g/mol. The maximum absolute atomic E-state index is 12.2.